The molecule has 7 heteroatoms. The number of hydrogen-bond donors (Lipinski definition) is 3. The van der Waals surface area contributed by atoms with Crippen LogP contribution in [0.4, 0.5) is 5.69 Å². The molecule has 3 rings (SSSR count). The van der Waals surface area contributed by atoms with Gasteiger partial charge < -0.3 is 16.4 Å². The summed E-state index contributed by atoms with van der Waals surface area (Å²) in [4.78, 5) is 24.9. The molecule has 0 saturated heterocycles. The summed E-state index contributed by atoms with van der Waals surface area (Å²) in [7, 11) is 0. The standard InChI is InChI=1S/C16H21N3O2S.ClH/c17-8-11-3-1-2-4-12(11)19-16(21)10-5-6-14-13(7-10)18-15(20)9-22-14;/h5-7,11-12H,1-4,8-9,17H2,(H,18,20)(H,19,21);1H. The molecule has 1 aliphatic heterocycles. The Bertz CT molecular complexity index is 597. The van der Waals surface area contributed by atoms with Crippen molar-refractivity contribution in [3.63, 3.8) is 0 Å². The van der Waals surface area contributed by atoms with Gasteiger partial charge in [-0.1, -0.05) is 12.8 Å². The van der Waals surface area contributed by atoms with Crippen LogP contribution in [0, 0.1) is 5.92 Å². The lowest BCUT2D eigenvalue weighted by Gasteiger charge is -2.31. The van der Waals surface area contributed by atoms with Gasteiger partial charge in [0.15, 0.2) is 0 Å². The molecule has 1 aromatic rings. The van der Waals surface area contributed by atoms with Gasteiger partial charge in [-0.2, -0.15) is 0 Å². The highest BCUT2D eigenvalue weighted by molar-refractivity contribution is 8.00. The molecule has 1 aliphatic carbocycles. The number of carbonyl (C=O) groups excluding carboxylic acids is 2. The Labute approximate surface area is 146 Å². The van der Waals surface area contributed by atoms with E-state index in [0.717, 1.165) is 29.8 Å². The lowest BCUT2D eigenvalue weighted by molar-refractivity contribution is -0.113. The minimum Gasteiger partial charge on any atom is -0.349 e. The molecular formula is C16H22ClN3O2S. The molecule has 4 N–H and O–H groups in total. The van der Waals surface area contributed by atoms with E-state index >= 15 is 0 Å². The number of amides is 2. The van der Waals surface area contributed by atoms with E-state index in [4.69, 9.17) is 5.73 Å². The third kappa shape index (κ3) is 4.19. The van der Waals surface area contributed by atoms with Gasteiger partial charge in [-0.3, -0.25) is 9.59 Å². The first kappa shape index (κ1) is 18.1. The number of thioether (sulfide) groups is 1. The van der Waals surface area contributed by atoms with E-state index in [0.29, 0.717) is 23.8 Å². The highest BCUT2D eigenvalue weighted by Crippen LogP contribution is 2.32. The summed E-state index contributed by atoms with van der Waals surface area (Å²) in [5, 5.41) is 5.93. The van der Waals surface area contributed by atoms with Gasteiger partial charge in [0.25, 0.3) is 5.91 Å². The molecule has 1 aromatic carbocycles. The third-order valence-corrected chi connectivity index (χ3v) is 5.48. The minimum atomic E-state index is -0.0852. The molecular weight excluding hydrogens is 334 g/mol. The first-order valence-corrected chi connectivity index (χ1v) is 8.73. The van der Waals surface area contributed by atoms with Crippen LogP contribution in [-0.4, -0.2) is 30.2 Å². The summed E-state index contributed by atoms with van der Waals surface area (Å²) >= 11 is 1.50. The predicted octanol–water partition coefficient (Wildman–Crippen LogP) is 2.40. The second kappa shape index (κ2) is 8.04. The summed E-state index contributed by atoms with van der Waals surface area (Å²) in [5.74, 6) is 0.688. The number of fused-ring (bicyclic) bond motifs is 1. The lowest BCUT2D eigenvalue weighted by atomic mass is 9.84. The van der Waals surface area contributed by atoms with Crippen LogP contribution >= 0.6 is 24.2 Å². The number of nitrogens with one attached hydrogen (secondary N) is 2. The third-order valence-electron chi connectivity index (χ3n) is 4.40. The number of carbonyl (C=O) groups is 2. The maximum absolute atomic E-state index is 12.5. The monoisotopic (exact) mass is 355 g/mol. The molecule has 1 fully saturated rings. The van der Waals surface area contributed by atoms with E-state index in [1.54, 1.807) is 6.07 Å². The van der Waals surface area contributed by atoms with Gasteiger partial charge in [0.2, 0.25) is 5.91 Å². The van der Waals surface area contributed by atoms with Crippen LogP contribution in [0.5, 0.6) is 0 Å². The highest BCUT2D eigenvalue weighted by Gasteiger charge is 2.26. The van der Waals surface area contributed by atoms with Crippen molar-refractivity contribution >= 4 is 41.7 Å². The number of halogens is 1. The van der Waals surface area contributed by atoms with E-state index < -0.39 is 0 Å². The SMILES string of the molecule is Cl.NCC1CCCCC1NC(=O)c1ccc2c(c1)NC(=O)CS2. The fourth-order valence-electron chi connectivity index (χ4n) is 3.16. The van der Waals surface area contributed by atoms with Crippen molar-refractivity contribution in [2.45, 2.75) is 36.6 Å². The molecule has 23 heavy (non-hydrogen) atoms. The maximum atomic E-state index is 12.5. The molecule has 2 amide bonds. The predicted molar refractivity (Wildman–Crippen MR) is 95.3 cm³/mol. The summed E-state index contributed by atoms with van der Waals surface area (Å²) in [6, 6.07) is 5.63. The number of benzene rings is 1. The Hall–Kier alpha value is -1.24. The molecule has 1 saturated carbocycles. The molecule has 126 valence electrons. The van der Waals surface area contributed by atoms with E-state index in [2.05, 4.69) is 10.6 Å². The van der Waals surface area contributed by atoms with Crippen molar-refractivity contribution in [2.24, 2.45) is 11.7 Å². The van der Waals surface area contributed by atoms with Gasteiger partial charge in [-0.25, -0.2) is 0 Å². The molecule has 2 unspecified atom stereocenters. The lowest BCUT2D eigenvalue weighted by Crippen LogP contribution is -2.44. The second-order valence-electron chi connectivity index (χ2n) is 5.91. The van der Waals surface area contributed by atoms with E-state index in [1.807, 2.05) is 12.1 Å². The zero-order valence-electron chi connectivity index (χ0n) is 12.8. The fourth-order valence-corrected chi connectivity index (χ4v) is 3.94. The van der Waals surface area contributed by atoms with Gasteiger partial charge in [0.05, 0.1) is 11.4 Å². The topological polar surface area (TPSA) is 84.2 Å². The Morgan fingerprint density at radius 1 is 1.35 bits per heavy atom. The van der Waals surface area contributed by atoms with Crippen molar-refractivity contribution < 1.29 is 9.59 Å². The first-order chi connectivity index (χ1) is 10.7. The molecule has 5 nitrogen and oxygen atoms in total. The van der Waals surface area contributed by atoms with Crippen LogP contribution in [0.2, 0.25) is 0 Å². The van der Waals surface area contributed by atoms with Crippen molar-refractivity contribution in [3.05, 3.63) is 23.8 Å². The molecule has 0 bridgehead atoms. The van der Waals surface area contributed by atoms with E-state index in [1.165, 1.54) is 18.2 Å². The largest absolute Gasteiger partial charge is 0.349 e. The van der Waals surface area contributed by atoms with Crippen molar-refractivity contribution in [2.75, 3.05) is 17.6 Å². The summed E-state index contributed by atoms with van der Waals surface area (Å²) in [6.45, 7) is 0.613. The van der Waals surface area contributed by atoms with Crippen LogP contribution < -0.4 is 16.4 Å². The van der Waals surface area contributed by atoms with Crippen molar-refractivity contribution in [3.8, 4) is 0 Å². The Morgan fingerprint density at radius 3 is 2.91 bits per heavy atom. The number of nitrogens with two attached hydrogens (primary N) is 1. The highest BCUT2D eigenvalue weighted by atomic mass is 35.5. The van der Waals surface area contributed by atoms with Gasteiger partial charge in [0.1, 0.15) is 0 Å². The number of anilines is 1. The number of rotatable bonds is 3. The maximum Gasteiger partial charge on any atom is 0.251 e. The summed E-state index contributed by atoms with van der Waals surface area (Å²) < 4.78 is 0. The fraction of sp³-hybridized carbons (Fsp3) is 0.500. The molecule has 0 radical (unpaired) electrons. The zero-order valence-corrected chi connectivity index (χ0v) is 14.5. The zero-order chi connectivity index (χ0) is 15.5. The Balaban J connectivity index is 0.00000192. The van der Waals surface area contributed by atoms with Crippen molar-refractivity contribution in [1.82, 2.24) is 5.32 Å². The molecule has 2 aliphatic rings. The molecule has 0 aromatic heterocycles. The van der Waals surface area contributed by atoms with Gasteiger partial charge in [-0.15, -0.1) is 24.2 Å². The molecule has 2 atom stereocenters. The molecule has 0 spiro atoms. The molecule has 1 heterocycles. The first-order valence-electron chi connectivity index (χ1n) is 7.75. The Kier molecular flexibility index (Phi) is 6.33. The van der Waals surface area contributed by atoms with Crippen LogP contribution in [-0.2, 0) is 4.79 Å². The second-order valence-corrected chi connectivity index (χ2v) is 6.93. The summed E-state index contributed by atoms with van der Waals surface area (Å²) in [5.41, 5.74) is 7.13. The summed E-state index contributed by atoms with van der Waals surface area (Å²) in [6.07, 6.45) is 4.40. The number of hydrogen-bond acceptors (Lipinski definition) is 4. The normalized spacial score (nSPS) is 23.3. The smallest absolute Gasteiger partial charge is 0.251 e. The van der Waals surface area contributed by atoms with Crippen molar-refractivity contribution in [1.29, 1.82) is 0 Å². The van der Waals surface area contributed by atoms with Gasteiger partial charge in [0, 0.05) is 16.5 Å². The van der Waals surface area contributed by atoms with Crippen LogP contribution in [0.1, 0.15) is 36.0 Å². The average Bonchev–Trinajstić information content (AvgIpc) is 2.54. The van der Waals surface area contributed by atoms with Crippen LogP contribution in [0.15, 0.2) is 23.1 Å². The van der Waals surface area contributed by atoms with Gasteiger partial charge in [-0.05, 0) is 43.5 Å². The van der Waals surface area contributed by atoms with E-state index in [9.17, 15) is 9.59 Å². The quantitative estimate of drug-likeness (QED) is 0.777. The van der Waals surface area contributed by atoms with Gasteiger partial charge >= 0.3 is 0 Å². The van der Waals surface area contributed by atoms with E-state index in [-0.39, 0.29) is 30.3 Å². The average molecular weight is 356 g/mol. The van der Waals surface area contributed by atoms with Crippen LogP contribution in [0.25, 0.3) is 0 Å². The Morgan fingerprint density at radius 2 is 2.13 bits per heavy atom. The van der Waals surface area contributed by atoms with Crippen LogP contribution in [0.3, 0.4) is 0 Å². The minimum absolute atomic E-state index is 0.